The van der Waals surface area contributed by atoms with E-state index in [2.05, 4.69) is 20.7 Å². The fourth-order valence-electron chi connectivity index (χ4n) is 2.88. The molecule has 0 saturated carbocycles. The molecule has 0 spiro atoms. The molecule has 2 heterocycles. The molecule has 1 amide bonds. The Morgan fingerprint density at radius 3 is 2.61 bits per heavy atom. The van der Waals surface area contributed by atoms with Crippen molar-refractivity contribution < 1.29 is 18.5 Å². The molecule has 8 heteroatoms. The first-order valence-electron chi connectivity index (χ1n) is 8.45. The molecule has 0 aliphatic rings. The molecule has 0 fully saturated rings. The first kappa shape index (κ1) is 17.5. The molecule has 0 bridgehead atoms. The summed E-state index contributed by atoms with van der Waals surface area (Å²) >= 11 is 0. The smallest absolute Gasteiger partial charge is 0.254 e. The van der Waals surface area contributed by atoms with Crippen molar-refractivity contribution in [1.29, 1.82) is 0 Å². The molecule has 0 unspecified atom stereocenters. The Labute approximate surface area is 160 Å². The number of nitrogens with one attached hydrogen (secondary N) is 1. The molecule has 8 nitrogen and oxygen atoms in total. The number of amides is 1. The van der Waals surface area contributed by atoms with Gasteiger partial charge in [0.1, 0.15) is 22.8 Å². The van der Waals surface area contributed by atoms with Gasteiger partial charge in [0, 0.05) is 17.3 Å². The van der Waals surface area contributed by atoms with Crippen molar-refractivity contribution >= 4 is 12.1 Å². The Morgan fingerprint density at radius 1 is 1.07 bits per heavy atom. The van der Waals surface area contributed by atoms with Crippen molar-refractivity contribution in [3.8, 4) is 39.9 Å². The van der Waals surface area contributed by atoms with Crippen LogP contribution in [0, 0.1) is 6.92 Å². The summed E-state index contributed by atoms with van der Waals surface area (Å²) in [7, 11) is 1.53. The van der Waals surface area contributed by atoms with E-state index >= 15 is 0 Å². The van der Waals surface area contributed by atoms with E-state index < -0.39 is 0 Å². The third-order valence-electron chi connectivity index (χ3n) is 4.21. The average molecular weight is 376 g/mol. The summed E-state index contributed by atoms with van der Waals surface area (Å²) in [6.07, 6.45) is 0.596. The normalized spacial score (nSPS) is 10.6. The minimum Gasteiger partial charge on any atom is -0.496 e. The van der Waals surface area contributed by atoms with E-state index in [1.165, 1.54) is 7.11 Å². The van der Waals surface area contributed by atoms with Gasteiger partial charge in [0.15, 0.2) is 0 Å². The maximum atomic E-state index is 10.6. The van der Waals surface area contributed by atoms with Crippen LogP contribution in [0.2, 0.25) is 0 Å². The Balaban J connectivity index is 1.76. The Kier molecular flexibility index (Phi) is 4.59. The molecule has 2 aromatic carbocycles. The van der Waals surface area contributed by atoms with E-state index in [0.29, 0.717) is 46.3 Å². The summed E-state index contributed by atoms with van der Waals surface area (Å²) in [5.41, 5.74) is 3.36. The van der Waals surface area contributed by atoms with Gasteiger partial charge in [0.05, 0.1) is 12.7 Å². The molecule has 140 valence electrons. The fourth-order valence-corrected chi connectivity index (χ4v) is 2.88. The van der Waals surface area contributed by atoms with Crippen LogP contribution in [0.4, 0.5) is 5.69 Å². The van der Waals surface area contributed by atoms with Gasteiger partial charge in [-0.3, -0.25) is 4.79 Å². The van der Waals surface area contributed by atoms with Gasteiger partial charge in [0.2, 0.25) is 6.41 Å². The number of ether oxygens (including phenoxy) is 1. The maximum absolute atomic E-state index is 10.6. The molecular formula is C20H16N4O4. The molecule has 1 N–H and O–H groups in total. The summed E-state index contributed by atoms with van der Waals surface area (Å²) in [5.74, 6) is 1.65. The number of hydrogen-bond acceptors (Lipinski definition) is 7. The lowest BCUT2D eigenvalue weighted by Crippen LogP contribution is -1.95. The van der Waals surface area contributed by atoms with E-state index in [1.54, 1.807) is 25.1 Å². The maximum Gasteiger partial charge on any atom is 0.254 e. The predicted octanol–water partition coefficient (Wildman–Crippen LogP) is 3.94. The number of hydrogen-bond donors (Lipinski definition) is 1. The lowest BCUT2D eigenvalue weighted by molar-refractivity contribution is -0.105. The van der Waals surface area contributed by atoms with Gasteiger partial charge in [-0.15, -0.1) is 10.2 Å². The summed E-state index contributed by atoms with van der Waals surface area (Å²) in [4.78, 5) is 10.6. The van der Waals surface area contributed by atoms with Crippen LogP contribution in [-0.4, -0.2) is 28.9 Å². The standard InChI is InChI=1S/C20H16N4O4/c1-12-17(18(24-28-12)13-6-4-3-5-7-13)20-23-22-19(27-20)15-9-8-14(21-11-25)10-16(15)26-2/h3-11H,1-2H3,(H,21,25). The van der Waals surface area contributed by atoms with Crippen LogP contribution >= 0.6 is 0 Å². The van der Waals surface area contributed by atoms with Gasteiger partial charge in [0.25, 0.3) is 11.8 Å². The Hall–Kier alpha value is -3.94. The summed E-state index contributed by atoms with van der Waals surface area (Å²) in [6.45, 7) is 1.79. The minimum atomic E-state index is 0.282. The number of rotatable bonds is 6. The molecule has 2 aromatic heterocycles. The highest BCUT2D eigenvalue weighted by Gasteiger charge is 2.23. The van der Waals surface area contributed by atoms with Crippen LogP contribution < -0.4 is 10.1 Å². The van der Waals surface area contributed by atoms with Crippen LogP contribution in [0.1, 0.15) is 5.76 Å². The highest BCUT2D eigenvalue weighted by atomic mass is 16.5. The molecule has 4 rings (SSSR count). The first-order valence-corrected chi connectivity index (χ1v) is 8.45. The van der Waals surface area contributed by atoms with Gasteiger partial charge in [-0.2, -0.15) is 0 Å². The fraction of sp³-hybridized carbons (Fsp3) is 0.100. The second kappa shape index (κ2) is 7.36. The van der Waals surface area contributed by atoms with Crippen LogP contribution in [0.3, 0.4) is 0 Å². The largest absolute Gasteiger partial charge is 0.496 e. The van der Waals surface area contributed by atoms with Gasteiger partial charge >= 0.3 is 0 Å². The summed E-state index contributed by atoms with van der Waals surface area (Å²) < 4.78 is 16.7. The zero-order valence-corrected chi connectivity index (χ0v) is 15.2. The van der Waals surface area contributed by atoms with Gasteiger partial charge < -0.3 is 19.0 Å². The average Bonchev–Trinajstić information content (AvgIpc) is 3.35. The van der Waals surface area contributed by atoms with E-state index in [-0.39, 0.29) is 5.89 Å². The lowest BCUT2D eigenvalue weighted by atomic mass is 10.1. The second-order valence-corrected chi connectivity index (χ2v) is 5.92. The second-order valence-electron chi connectivity index (χ2n) is 5.92. The predicted molar refractivity (Wildman–Crippen MR) is 102 cm³/mol. The van der Waals surface area contributed by atoms with Crippen LogP contribution in [0.5, 0.6) is 5.75 Å². The third-order valence-corrected chi connectivity index (χ3v) is 4.21. The highest BCUT2D eigenvalue weighted by molar-refractivity contribution is 5.79. The van der Waals surface area contributed by atoms with E-state index in [4.69, 9.17) is 13.7 Å². The number of aromatic nitrogens is 3. The van der Waals surface area contributed by atoms with E-state index in [0.717, 1.165) is 5.56 Å². The Morgan fingerprint density at radius 2 is 1.86 bits per heavy atom. The lowest BCUT2D eigenvalue weighted by Gasteiger charge is -2.07. The first-order chi connectivity index (χ1) is 13.7. The molecule has 0 radical (unpaired) electrons. The van der Waals surface area contributed by atoms with Gasteiger partial charge in [-0.1, -0.05) is 35.5 Å². The van der Waals surface area contributed by atoms with Gasteiger partial charge in [-0.25, -0.2) is 0 Å². The molecule has 28 heavy (non-hydrogen) atoms. The van der Waals surface area contributed by atoms with Crippen molar-refractivity contribution in [3.05, 3.63) is 54.3 Å². The zero-order valence-electron chi connectivity index (χ0n) is 15.2. The van der Waals surface area contributed by atoms with Crippen molar-refractivity contribution in [2.45, 2.75) is 6.92 Å². The number of anilines is 1. The quantitative estimate of drug-likeness (QED) is 0.508. The van der Waals surface area contributed by atoms with Crippen LogP contribution in [0.15, 0.2) is 57.5 Å². The number of nitrogens with zero attached hydrogens (tertiary/aromatic N) is 3. The monoisotopic (exact) mass is 376 g/mol. The van der Waals surface area contributed by atoms with Crippen molar-refractivity contribution in [1.82, 2.24) is 15.4 Å². The van der Waals surface area contributed by atoms with E-state index in [1.807, 2.05) is 30.3 Å². The number of benzene rings is 2. The number of aryl methyl sites for hydroxylation is 1. The van der Waals surface area contributed by atoms with Crippen molar-refractivity contribution in [3.63, 3.8) is 0 Å². The molecule has 4 aromatic rings. The summed E-state index contributed by atoms with van der Waals surface area (Å²) in [5, 5.41) is 15.0. The molecule has 0 saturated heterocycles. The third kappa shape index (κ3) is 3.11. The van der Waals surface area contributed by atoms with Crippen LogP contribution in [0.25, 0.3) is 34.2 Å². The molecule has 0 atom stereocenters. The van der Waals surface area contributed by atoms with Crippen molar-refractivity contribution in [2.75, 3.05) is 12.4 Å². The SMILES string of the molecule is COc1cc(NC=O)ccc1-c1nnc(-c2c(-c3ccccc3)noc2C)o1. The number of methoxy groups -OCH3 is 1. The minimum absolute atomic E-state index is 0.282. The Bertz CT molecular complexity index is 1120. The highest BCUT2D eigenvalue weighted by Crippen LogP contribution is 2.37. The summed E-state index contributed by atoms with van der Waals surface area (Å²) in [6, 6.07) is 14.8. The number of carbonyl (C=O) groups excluding carboxylic acids is 1. The van der Waals surface area contributed by atoms with Gasteiger partial charge in [-0.05, 0) is 19.1 Å². The number of carbonyl (C=O) groups is 1. The van der Waals surface area contributed by atoms with Crippen molar-refractivity contribution in [2.24, 2.45) is 0 Å². The molecular weight excluding hydrogens is 360 g/mol. The van der Waals surface area contributed by atoms with Crippen LogP contribution in [-0.2, 0) is 4.79 Å². The topological polar surface area (TPSA) is 103 Å². The molecule has 0 aliphatic heterocycles. The molecule has 0 aliphatic carbocycles. The van der Waals surface area contributed by atoms with E-state index in [9.17, 15) is 4.79 Å². The zero-order chi connectivity index (χ0) is 19.5.